The lowest BCUT2D eigenvalue weighted by atomic mass is 9.93. The average Bonchev–Trinajstić information content (AvgIpc) is 2.71. The molecule has 0 amide bonds. The zero-order valence-electron chi connectivity index (χ0n) is 11.3. The molecule has 18 heavy (non-hydrogen) atoms. The fraction of sp³-hybridized carbons (Fsp3) is 0.583. The third-order valence-corrected chi connectivity index (χ3v) is 4.41. The smallest absolute Gasteiger partial charge is 0.334 e. The Labute approximate surface area is 107 Å². The SMILES string of the molecule is COP(=O)(Cc1cc(C(C)(C)C)oc1C#N)OC. The van der Waals surface area contributed by atoms with Crippen molar-refractivity contribution < 1.29 is 18.0 Å². The highest BCUT2D eigenvalue weighted by Gasteiger charge is 2.28. The van der Waals surface area contributed by atoms with Crippen LogP contribution in [0.25, 0.3) is 0 Å². The molecule has 0 aliphatic carbocycles. The van der Waals surface area contributed by atoms with E-state index in [1.54, 1.807) is 6.07 Å². The molecule has 0 aliphatic heterocycles. The Morgan fingerprint density at radius 3 is 2.33 bits per heavy atom. The van der Waals surface area contributed by atoms with E-state index in [4.69, 9.17) is 18.7 Å². The van der Waals surface area contributed by atoms with Crippen LogP contribution in [0.15, 0.2) is 10.5 Å². The van der Waals surface area contributed by atoms with Gasteiger partial charge in [0.2, 0.25) is 5.76 Å². The Morgan fingerprint density at radius 2 is 1.94 bits per heavy atom. The predicted molar refractivity (Wildman–Crippen MR) is 67.5 cm³/mol. The summed E-state index contributed by atoms with van der Waals surface area (Å²) in [4.78, 5) is 0. The molecule has 0 aromatic carbocycles. The van der Waals surface area contributed by atoms with Gasteiger partial charge in [-0.15, -0.1) is 0 Å². The fourth-order valence-electron chi connectivity index (χ4n) is 1.42. The van der Waals surface area contributed by atoms with E-state index in [0.29, 0.717) is 11.3 Å². The first-order valence-corrected chi connectivity index (χ1v) is 7.22. The minimum atomic E-state index is -3.19. The van der Waals surface area contributed by atoms with Crippen molar-refractivity contribution in [2.24, 2.45) is 0 Å². The van der Waals surface area contributed by atoms with E-state index in [1.165, 1.54) is 14.2 Å². The van der Waals surface area contributed by atoms with Crippen molar-refractivity contribution >= 4 is 7.60 Å². The van der Waals surface area contributed by atoms with Crippen molar-refractivity contribution in [2.75, 3.05) is 14.2 Å². The second-order valence-electron chi connectivity index (χ2n) is 4.96. The molecule has 0 unspecified atom stereocenters. The van der Waals surface area contributed by atoms with Gasteiger partial charge in [0, 0.05) is 25.2 Å². The van der Waals surface area contributed by atoms with Crippen LogP contribution in [0.2, 0.25) is 0 Å². The number of hydrogen-bond donors (Lipinski definition) is 0. The molecule has 100 valence electrons. The van der Waals surface area contributed by atoms with Gasteiger partial charge in [0.05, 0.1) is 6.16 Å². The van der Waals surface area contributed by atoms with Crippen LogP contribution in [0.4, 0.5) is 0 Å². The van der Waals surface area contributed by atoms with E-state index in [9.17, 15) is 4.57 Å². The number of hydrogen-bond acceptors (Lipinski definition) is 5. The van der Waals surface area contributed by atoms with Gasteiger partial charge >= 0.3 is 7.60 Å². The van der Waals surface area contributed by atoms with Crippen molar-refractivity contribution in [3.63, 3.8) is 0 Å². The van der Waals surface area contributed by atoms with E-state index in [0.717, 1.165) is 0 Å². The first-order chi connectivity index (χ1) is 8.25. The van der Waals surface area contributed by atoms with Crippen molar-refractivity contribution in [3.8, 4) is 6.07 Å². The summed E-state index contributed by atoms with van der Waals surface area (Å²) in [5.41, 5.74) is 0.336. The zero-order chi connectivity index (χ0) is 14.0. The number of rotatable bonds is 4. The molecule has 0 radical (unpaired) electrons. The van der Waals surface area contributed by atoms with Gasteiger partial charge in [-0.05, 0) is 6.07 Å². The summed E-state index contributed by atoms with van der Waals surface area (Å²) in [6.45, 7) is 5.93. The number of nitriles is 1. The number of nitrogens with zero attached hydrogens (tertiary/aromatic N) is 1. The van der Waals surface area contributed by atoms with E-state index in [1.807, 2.05) is 26.8 Å². The summed E-state index contributed by atoms with van der Waals surface area (Å²) in [7, 11) is -0.552. The van der Waals surface area contributed by atoms with Gasteiger partial charge in [-0.1, -0.05) is 20.8 Å². The summed E-state index contributed by atoms with van der Waals surface area (Å²) < 4.78 is 27.3. The van der Waals surface area contributed by atoms with Crippen molar-refractivity contribution in [1.29, 1.82) is 5.26 Å². The Bertz CT molecular complexity index is 499. The van der Waals surface area contributed by atoms with Crippen LogP contribution < -0.4 is 0 Å². The third-order valence-electron chi connectivity index (χ3n) is 2.57. The lowest BCUT2D eigenvalue weighted by Crippen LogP contribution is -2.09. The largest absolute Gasteiger partial charge is 0.450 e. The van der Waals surface area contributed by atoms with Gasteiger partial charge in [-0.2, -0.15) is 5.26 Å². The fourth-order valence-corrected chi connectivity index (χ4v) is 2.48. The van der Waals surface area contributed by atoms with Gasteiger partial charge in [0.15, 0.2) is 0 Å². The Hall–Kier alpha value is -1.08. The normalized spacial score (nSPS) is 12.4. The van der Waals surface area contributed by atoms with Crippen molar-refractivity contribution in [1.82, 2.24) is 0 Å². The molecule has 0 aliphatic rings. The van der Waals surface area contributed by atoms with E-state index in [2.05, 4.69) is 0 Å². The molecule has 0 atom stereocenters. The first kappa shape index (κ1) is 15.0. The van der Waals surface area contributed by atoms with Crippen LogP contribution in [-0.2, 0) is 25.2 Å². The highest BCUT2D eigenvalue weighted by molar-refractivity contribution is 7.52. The monoisotopic (exact) mass is 271 g/mol. The molecule has 0 fully saturated rings. The molecule has 0 bridgehead atoms. The minimum absolute atomic E-state index is 0.0302. The molecule has 1 aromatic rings. The minimum Gasteiger partial charge on any atom is -0.450 e. The number of furan rings is 1. The molecule has 0 N–H and O–H groups in total. The molecule has 1 aromatic heterocycles. The van der Waals surface area contributed by atoms with Crippen LogP contribution in [0.3, 0.4) is 0 Å². The molecule has 0 saturated heterocycles. The Morgan fingerprint density at radius 1 is 1.39 bits per heavy atom. The van der Waals surface area contributed by atoms with Gasteiger partial charge in [0.1, 0.15) is 11.8 Å². The standard InChI is InChI=1S/C12H18NO4P/c1-12(2,3)11-6-9(10(7-13)17-11)8-18(14,15-4)16-5/h6H,8H2,1-5H3. The maximum absolute atomic E-state index is 12.1. The molecule has 0 saturated carbocycles. The van der Waals surface area contributed by atoms with Gasteiger partial charge in [0.25, 0.3) is 0 Å². The maximum atomic E-state index is 12.1. The highest BCUT2D eigenvalue weighted by atomic mass is 31.2. The zero-order valence-corrected chi connectivity index (χ0v) is 12.2. The lowest BCUT2D eigenvalue weighted by Gasteiger charge is -2.14. The molecular formula is C12H18NO4P. The van der Waals surface area contributed by atoms with E-state index < -0.39 is 7.60 Å². The summed E-state index contributed by atoms with van der Waals surface area (Å²) in [5, 5.41) is 9.02. The van der Waals surface area contributed by atoms with Crippen LogP contribution in [0.5, 0.6) is 0 Å². The second kappa shape index (κ2) is 5.27. The van der Waals surface area contributed by atoms with Crippen LogP contribution in [-0.4, -0.2) is 14.2 Å². The molecule has 0 spiro atoms. The molecule has 6 heteroatoms. The second-order valence-corrected chi connectivity index (χ2v) is 7.23. The molecule has 5 nitrogen and oxygen atoms in total. The summed E-state index contributed by atoms with van der Waals surface area (Å²) in [5.74, 6) is 0.835. The highest BCUT2D eigenvalue weighted by Crippen LogP contribution is 2.50. The van der Waals surface area contributed by atoms with Gasteiger partial charge in [-0.3, -0.25) is 4.57 Å². The van der Waals surface area contributed by atoms with Crippen LogP contribution in [0, 0.1) is 11.3 Å². The molecule has 1 rings (SSSR count). The topological polar surface area (TPSA) is 72.5 Å². The molecule has 1 heterocycles. The predicted octanol–water partition coefficient (Wildman–Crippen LogP) is 3.43. The maximum Gasteiger partial charge on any atom is 0.334 e. The Balaban J connectivity index is 3.15. The van der Waals surface area contributed by atoms with Crippen molar-refractivity contribution in [3.05, 3.63) is 23.2 Å². The quantitative estimate of drug-likeness (QED) is 0.784. The average molecular weight is 271 g/mol. The first-order valence-electron chi connectivity index (χ1n) is 5.49. The van der Waals surface area contributed by atoms with E-state index >= 15 is 0 Å². The van der Waals surface area contributed by atoms with Crippen LogP contribution in [0.1, 0.15) is 37.9 Å². The lowest BCUT2D eigenvalue weighted by molar-refractivity contribution is 0.274. The summed E-state index contributed by atoms with van der Waals surface area (Å²) >= 11 is 0. The molecular weight excluding hydrogens is 253 g/mol. The van der Waals surface area contributed by atoms with Crippen LogP contribution >= 0.6 is 7.60 Å². The van der Waals surface area contributed by atoms with Gasteiger partial charge in [-0.25, -0.2) is 0 Å². The third kappa shape index (κ3) is 3.23. The van der Waals surface area contributed by atoms with E-state index in [-0.39, 0.29) is 17.3 Å². The van der Waals surface area contributed by atoms with Gasteiger partial charge < -0.3 is 13.5 Å². The Kier molecular flexibility index (Phi) is 4.39. The van der Waals surface area contributed by atoms with Crippen molar-refractivity contribution in [2.45, 2.75) is 32.3 Å². The summed E-state index contributed by atoms with van der Waals surface area (Å²) in [6, 6.07) is 3.70. The summed E-state index contributed by atoms with van der Waals surface area (Å²) in [6.07, 6.45) is 0.0302.